The lowest BCUT2D eigenvalue weighted by atomic mass is 9.98. The first-order chi connectivity index (χ1) is 9.61. The summed E-state index contributed by atoms with van der Waals surface area (Å²) in [5.74, 6) is -0.0439. The quantitative estimate of drug-likeness (QED) is 0.778. The number of halogens is 2. The number of piperidine rings is 1. The third kappa shape index (κ3) is 3.53. The molecule has 1 aromatic rings. The summed E-state index contributed by atoms with van der Waals surface area (Å²) in [6.07, 6.45) is 4.29. The predicted molar refractivity (Wildman–Crippen MR) is 68.1 cm³/mol. The Morgan fingerprint density at radius 1 is 1.60 bits per heavy atom. The topological polar surface area (TPSA) is 47.4 Å². The zero-order chi connectivity index (χ0) is 14.5. The van der Waals surface area contributed by atoms with Crippen molar-refractivity contribution in [1.29, 1.82) is 0 Å². The van der Waals surface area contributed by atoms with E-state index in [-0.39, 0.29) is 11.9 Å². The van der Waals surface area contributed by atoms with Gasteiger partial charge in [0.15, 0.2) is 0 Å². The van der Waals surface area contributed by atoms with E-state index in [0.717, 1.165) is 24.0 Å². The molecule has 1 aromatic heterocycles. The van der Waals surface area contributed by atoms with Gasteiger partial charge in [0.25, 0.3) is 0 Å². The van der Waals surface area contributed by atoms with Crippen LogP contribution in [0.3, 0.4) is 0 Å². The van der Waals surface area contributed by atoms with Gasteiger partial charge in [0.1, 0.15) is 5.82 Å². The Morgan fingerprint density at radius 2 is 2.40 bits per heavy atom. The summed E-state index contributed by atoms with van der Waals surface area (Å²) in [6.45, 7) is 1.20. The van der Waals surface area contributed by atoms with E-state index in [4.69, 9.17) is 4.74 Å². The summed E-state index contributed by atoms with van der Waals surface area (Å²) in [6, 6.07) is 0. The first kappa shape index (κ1) is 14.9. The van der Waals surface area contributed by atoms with Crippen molar-refractivity contribution < 1.29 is 18.3 Å². The first-order valence-electron chi connectivity index (χ1n) is 6.80. The fraction of sp³-hybridized carbons (Fsp3) is 0.692. The second kappa shape index (κ2) is 6.78. The molecule has 0 radical (unpaired) electrons. The van der Waals surface area contributed by atoms with E-state index < -0.39 is 6.55 Å². The van der Waals surface area contributed by atoms with Gasteiger partial charge in [-0.05, 0) is 26.3 Å². The van der Waals surface area contributed by atoms with Crippen molar-refractivity contribution in [2.45, 2.75) is 32.9 Å². The number of nitrogens with zero attached hydrogens (tertiary/aromatic N) is 3. The van der Waals surface area contributed by atoms with Gasteiger partial charge in [0.2, 0.25) is 0 Å². The lowest BCUT2D eigenvalue weighted by molar-refractivity contribution is -0.150. The van der Waals surface area contributed by atoms with Crippen molar-refractivity contribution >= 4 is 5.97 Å². The minimum Gasteiger partial charge on any atom is -0.466 e. The molecule has 0 amide bonds. The number of esters is 1. The van der Waals surface area contributed by atoms with Crippen LogP contribution in [0.4, 0.5) is 8.78 Å². The highest BCUT2D eigenvalue weighted by molar-refractivity contribution is 5.72. The number of alkyl halides is 2. The molecule has 0 bridgehead atoms. The van der Waals surface area contributed by atoms with Gasteiger partial charge in [0.05, 0.1) is 19.1 Å². The largest absolute Gasteiger partial charge is 0.466 e. The first-order valence-corrected chi connectivity index (χ1v) is 6.80. The molecule has 2 heterocycles. The minimum absolute atomic E-state index is 0.168. The highest BCUT2D eigenvalue weighted by atomic mass is 19.3. The number of hydrogen-bond acceptors (Lipinski definition) is 4. The number of carbonyl (C=O) groups is 1. The van der Waals surface area contributed by atoms with E-state index in [2.05, 4.69) is 4.98 Å². The maximum absolute atomic E-state index is 12.8. The van der Waals surface area contributed by atoms with Gasteiger partial charge in [-0.1, -0.05) is 0 Å². The lowest BCUT2D eigenvalue weighted by Crippen LogP contribution is -2.39. The fourth-order valence-corrected chi connectivity index (χ4v) is 2.50. The molecule has 0 saturated carbocycles. The highest BCUT2D eigenvalue weighted by Crippen LogP contribution is 2.21. The van der Waals surface area contributed by atoms with Gasteiger partial charge in [-0.25, -0.2) is 4.98 Å². The normalized spacial score (nSPS) is 20.3. The van der Waals surface area contributed by atoms with Gasteiger partial charge < -0.3 is 4.74 Å². The molecule has 0 unspecified atom stereocenters. The summed E-state index contributed by atoms with van der Waals surface area (Å²) in [4.78, 5) is 17.7. The number of likely N-dealkylation sites (tertiary alicyclic amines) is 1. The Hall–Kier alpha value is -1.50. The van der Waals surface area contributed by atoms with E-state index in [1.54, 1.807) is 6.92 Å². The zero-order valence-corrected chi connectivity index (χ0v) is 11.5. The minimum atomic E-state index is -2.59. The van der Waals surface area contributed by atoms with Crippen LogP contribution in [0.5, 0.6) is 0 Å². The van der Waals surface area contributed by atoms with E-state index in [1.807, 2.05) is 4.90 Å². The van der Waals surface area contributed by atoms with Crippen LogP contribution < -0.4 is 0 Å². The van der Waals surface area contributed by atoms with Gasteiger partial charge in [-0.15, -0.1) is 0 Å². The fourth-order valence-electron chi connectivity index (χ4n) is 2.50. The molecule has 1 aliphatic rings. The second-order valence-electron chi connectivity index (χ2n) is 4.85. The standard InChI is InChI=1S/C13H19F2N3O2/c1-2-20-12(19)10-4-3-6-17(8-10)9-11-16-5-7-18(11)13(14)15/h5,7,10,13H,2-4,6,8-9H2,1H3/t10-/m1/s1. The van der Waals surface area contributed by atoms with Crippen LogP contribution >= 0.6 is 0 Å². The Balaban J connectivity index is 1.96. The van der Waals surface area contributed by atoms with Crippen molar-refractivity contribution in [2.24, 2.45) is 5.92 Å². The van der Waals surface area contributed by atoms with Crippen molar-refractivity contribution in [2.75, 3.05) is 19.7 Å². The zero-order valence-electron chi connectivity index (χ0n) is 11.5. The summed E-state index contributed by atoms with van der Waals surface area (Å²) in [7, 11) is 0. The molecule has 112 valence electrons. The molecule has 5 nitrogen and oxygen atoms in total. The average molecular weight is 287 g/mol. The van der Waals surface area contributed by atoms with Crippen LogP contribution in [0.2, 0.25) is 0 Å². The molecule has 0 N–H and O–H groups in total. The number of rotatable bonds is 5. The molecule has 1 atom stereocenters. The average Bonchev–Trinajstić information content (AvgIpc) is 2.87. The van der Waals surface area contributed by atoms with Crippen LogP contribution in [0.1, 0.15) is 32.1 Å². The summed E-state index contributed by atoms with van der Waals surface area (Å²) in [5.41, 5.74) is 0. The van der Waals surface area contributed by atoms with Crippen LogP contribution in [0.25, 0.3) is 0 Å². The molecule has 0 spiro atoms. The summed E-state index contributed by atoms with van der Waals surface area (Å²) >= 11 is 0. The smallest absolute Gasteiger partial charge is 0.319 e. The molecule has 0 aliphatic carbocycles. The van der Waals surface area contributed by atoms with Crippen molar-refractivity contribution in [1.82, 2.24) is 14.5 Å². The number of imidazole rings is 1. The molecular formula is C13H19F2N3O2. The summed E-state index contributed by atoms with van der Waals surface area (Å²) < 4.78 is 31.4. The highest BCUT2D eigenvalue weighted by Gasteiger charge is 2.27. The van der Waals surface area contributed by atoms with Gasteiger partial charge in [0, 0.05) is 18.9 Å². The lowest BCUT2D eigenvalue weighted by Gasteiger charge is -2.31. The van der Waals surface area contributed by atoms with Crippen LogP contribution in [0, 0.1) is 5.92 Å². The van der Waals surface area contributed by atoms with Gasteiger partial charge in [-0.2, -0.15) is 8.78 Å². The number of ether oxygens (including phenoxy) is 1. The van der Waals surface area contributed by atoms with Crippen LogP contribution in [-0.2, 0) is 16.1 Å². The Morgan fingerprint density at radius 3 is 3.10 bits per heavy atom. The van der Waals surface area contributed by atoms with E-state index >= 15 is 0 Å². The van der Waals surface area contributed by atoms with E-state index in [9.17, 15) is 13.6 Å². The molecular weight excluding hydrogens is 268 g/mol. The van der Waals surface area contributed by atoms with E-state index in [0.29, 0.717) is 25.5 Å². The Kier molecular flexibility index (Phi) is 5.05. The number of aromatic nitrogens is 2. The SMILES string of the molecule is CCOC(=O)[C@@H]1CCCN(Cc2nccn2C(F)F)C1. The predicted octanol–water partition coefficient (Wildman–Crippen LogP) is 2.05. The molecule has 1 aliphatic heterocycles. The van der Waals surface area contributed by atoms with Crippen molar-refractivity contribution in [3.63, 3.8) is 0 Å². The van der Waals surface area contributed by atoms with Crippen molar-refractivity contribution in [3.8, 4) is 0 Å². The second-order valence-corrected chi connectivity index (χ2v) is 4.85. The van der Waals surface area contributed by atoms with Crippen LogP contribution in [-0.4, -0.2) is 40.1 Å². The third-order valence-corrected chi connectivity index (χ3v) is 3.45. The molecule has 0 aromatic carbocycles. The maximum Gasteiger partial charge on any atom is 0.319 e. The molecule has 20 heavy (non-hydrogen) atoms. The summed E-state index contributed by atoms with van der Waals surface area (Å²) in [5, 5.41) is 0. The maximum atomic E-state index is 12.8. The van der Waals surface area contributed by atoms with Crippen LogP contribution in [0.15, 0.2) is 12.4 Å². The number of carbonyl (C=O) groups excluding carboxylic acids is 1. The van der Waals surface area contributed by atoms with E-state index in [1.165, 1.54) is 12.4 Å². The molecule has 1 saturated heterocycles. The third-order valence-electron chi connectivity index (χ3n) is 3.45. The van der Waals surface area contributed by atoms with Gasteiger partial charge in [-0.3, -0.25) is 14.3 Å². The van der Waals surface area contributed by atoms with Crippen molar-refractivity contribution in [3.05, 3.63) is 18.2 Å². The van der Waals surface area contributed by atoms with Gasteiger partial charge >= 0.3 is 12.5 Å². The molecule has 2 rings (SSSR count). The molecule has 7 heteroatoms. The number of hydrogen-bond donors (Lipinski definition) is 0. The Bertz CT molecular complexity index is 451. The Labute approximate surface area is 116 Å². The molecule has 1 fully saturated rings. The monoisotopic (exact) mass is 287 g/mol.